The Morgan fingerprint density at radius 1 is 1.14 bits per heavy atom. The number of nitro benzene ring substituents is 1. The molecular weight excluding hydrogens is 709 g/mol. The lowest BCUT2D eigenvalue weighted by Gasteiger charge is -2.36. The molecule has 1 aliphatic rings. The van der Waals surface area contributed by atoms with E-state index >= 15 is 8.78 Å². The van der Waals surface area contributed by atoms with Crippen molar-refractivity contribution in [3.8, 4) is 5.75 Å². The monoisotopic (exact) mass is 745 g/mol. The highest BCUT2D eigenvalue weighted by atomic mass is 32.2. The molecule has 1 aliphatic heterocycles. The number of amides is 1. The Balaban J connectivity index is 1.45. The van der Waals surface area contributed by atoms with E-state index in [4.69, 9.17) is 9.72 Å². The second kappa shape index (κ2) is 15.2. The van der Waals surface area contributed by atoms with Gasteiger partial charge in [0.1, 0.15) is 5.82 Å². The fourth-order valence-electron chi connectivity index (χ4n) is 5.52. The molecule has 0 atom stereocenters. The molecule has 0 bridgehead atoms. The molecule has 0 unspecified atom stereocenters. The zero-order chi connectivity index (χ0) is 37.1. The predicted octanol–water partition coefficient (Wildman–Crippen LogP) is 4.57. The van der Waals surface area contributed by atoms with Crippen molar-refractivity contribution in [2.75, 3.05) is 56.6 Å². The van der Waals surface area contributed by atoms with Gasteiger partial charge in [0.05, 0.1) is 26.6 Å². The van der Waals surface area contributed by atoms with Crippen LogP contribution in [0.4, 0.5) is 31.9 Å². The van der Waals surface area contributed by atoms with Crippen molar-refractivity contribution in [1.29, 1.82) is 0 Å². The molecular formula is C32H37F2N9O6S2. The average molecular weight is 746 g/mol. The first kappa shape index (κ1) is 37.4. The lowest BCUT2D eigenvalue weighted by Crippen LogP contribution is -2.48. The molecule has 272 valence electrons. The van der Waals surface area contributed by atoms with E-state index in [-0.39, 0.29) is 21.8 Å². The van der Waals surface area contributed by atoms with Crippen LogP contribution in [0.2, 0.25) is 0 Å². The van der Waals surface area contributed by atoms with Crippen LogP contribution in [0.5, 0.6) is 5.75 Å². The van der Waals surface area contributed by atoms with Gasteiger partial charge in [0.2, 0.25) is 17.5 Å². The number of benzene rings is 2. The maximum absolute atomic E-state index is 15.8. The van der Waals surface area contributed by atoms with E-state index in [1.54, 1.807) is 6.07 Å². The summed E-state index contributed by atoms with van der Waals surface area (Å²) in [6.45, 7) is 9.42. The van der Waals surface area contributed by atoms with Crippen molar-refractivity contribution >= 4 is 50.6 Å². The number of rotatable bonds is 13. The van der Waals surface area contributed by atoms with Gasteiger partial charge in [-0.05, 0) is 50.7 Å². The van der Waals surface area contributed by atoms with Gasteiger partial charge >= 0.3 is 5.69 Å². The molecule has 1 saturated heterocycles. The number of aryl methyl sites for hydroxylation is 1. The number of carbonyl (C=O) groups is 1. The van der Waals surface area contributed by atoms with Gasteiger partial charge in [-0.25, -0.2) is 22.8 Å². The molecule has 0 radical (unpaired) electrons. The Hall–Kier alpha value is -4.88. The SMILES string of the molecule is COc1c(Nc2cc(C)[nH]n2)nc(Sc2ccc(S(=O)(=O)C(C)(C)c3cccc([N+](=O)[O-])c3F)cc2F)nc1N1CCN(CCNC(C)=O)CC1. The molecule has 0 spiro atoms. The van der Waals surface area contributed by atoms with Crippen molar-refractivity contribution < 1.29 is 31.7 Å². The summed E-state index contributed by atoms with van der Waals surface area (Å²) < 4.78 is 62.1. The van der Waals surface area contributed by atoms with Crippen LogP contribution in [-0.4, -0.2) is 90.7 Å². The Morgan fingerprint density at radius 2 is 1.86 bits per heavy atom. The first-order valence-corrected chi connectivity index (χ1v) is 18.0. The van der Waals surface area contributed by atoms with Gasteiger partial charge in [0.15, 0.2) is 32.4 Å². The van der Waals surface area contributed by atoms with Crippen LogP contribution in [0.1, 0.15) is 32.0 Å². The van der Waals surface area contributed by atoms with Gasteiger partial charge in [-0.1, -0.05) is 12.1 Å². The summed E-state index contributed by atoms with van der Waals surface area (Å²) in [5.41, 5.74) is -0.493. The second-order valence-corrected chi connectivity index (χ2v) is 15.7. The molecule has 2 aromatic carbocycles. The Kier molecular flexibility index (Phi) is 11.1. The third kappa shape index (κ3) is 8.04. The molecule has 0 saturated carbocycles. The molecule has 2 aromatic heterocycles. The lowest BCUT2D eigenvalue weighted by molar-refractivity contribution is -0.387. The summed E-state index contributed by atoms with van der Waals surface area (Å²) in [5, 5.41) is 24.4. The van der Waals surface area contributed by atoms with Crippen LogP contribution < -0.4 is 20.3 Å². The van der Waals surface area contributed by atoms with Crippen LogP contribution in [0.15, 0.2) is 57.4 Å². The van der Waals surface area contributed by atoms with E-state index in [1.807, 2.05) is 11.8 Å². The largest absolute Gasteiger partial charge is 0.490 e. The molecule has 19 heteroatoms. The molecule has 1 fully saturated rings. The predicted molar refractivity (Wildman–Crippen MR) is 186 cm³/mol. The first-order valence-electron chi connectivity index (χ1n) is 15.7. The molecule has 15 nitrogen and oxygen atoms in total. The maximum Gasteiger partial charge on any atom is 0.305 e. The average Bonchev–Trinajstić information content (AvgIpc) is 3.49. The molecule has 5 rings (SSSR count). The summed E-state index contributed by atoms with van der Waals surface area (Å²) in [4.78, 5) is 34.8. The number of carbonyl (C=O) groups excluding carboxylic acids is 1. The highest BCUT2D eigenvalue weighted by Gasteiger charge is 2.41. The topological polar surface area (TPSA) is 189 Å². The van der Waals surface area contributed by atoms with Crippen molar-refractivity contribution in [2.45, 2.75) is 47.4 Å². The molecule has 0 aliphatic carbocycles. The third-order valence-electron chi connectivity index (χ3n) is 8.37. The molecule has 4 aromatic rings. The second-order valence-electron chi connectivity index (χ2n) is 12.2. The van der Waals surface area contributed by atoms with Crippen LogP contribution in [-0.2, 0) is 19.4 Å². The fourth-order valence-corrected chi connectivity index (χ4v) is 7.82. The Labute approximate surface area is 297 Å². The van der Waals surface area contributed by atoms with E-state index in [2.05, 4.69) is 30.7 Å². The Morgan fingerprint density at radius 3 is 2.47 bits per heavy atom. The summed E-state index contributed by atoms with van der Waals surface area (Å²) >= 11 is 0.859. The minimum Gasteiger partial charge on any atom is -0.490 e. The van der Waals surface area contributed by atoms with Crippen molar-refractivity contribution in [3.63, 3.8) is 0 Å². The van der Waals surface area contributed by atoms with Gasteiger partial charge in [-0.2, -0.15) is 9.49 Å². The van der Waals surface area contributed by atoms with Crippen LogP contribution in [0.3, 0.4) is 0 Å². The fraction of sp³-hybridized carbons (Fsp3) is 0.375. The van der Waals surface area contributed by atoms with Gasteiger partial charge < -0.3 is 20.3 Å². The van der Waals surface area contributed by atoms with Gasteiger partial charge in [0.25, 0.3) is 0 Å². The number of piperazine rings is 1. The van der Waals surface area contributed by atoms with Crippen LogP contribution >= 0.6 is 11.8 Å². The lowest BCUT2D eigenvalue weighted by atomic mass is 10.0. The summed E-state index contributed by atoms with van der Waals surface area (Å²) in [7, 11) is -2.98. The number of hydrogen-bond acceptors (Lipinski definition) is 13. The smallest absolute Gasteiger partial charge is 0.305 e. The summed E-state index contributed by atoms with van der Waals surface area (Å²) in [5.74, 6) is -0.762. The number of H-pyrrole nitrogens is 1. The quantitative estimate of drug-likeness (QED) is 0.0982. The van der Waals surface area contributed by atoms with Crippen LogP contribution in [0, 0.1) is 28.7 Å². The number of methoxy groups -OCH3 is 1. The number of aromatic amines is 1. The first-order chi connectivity index (χ1) is 24.1. The number of nitrogens with zero attached hydrogens (tertiary/aromatic N) is 6. The number of nitro groups is 1. The minimum atomic E-state index is -4.46. The van der Waals surface area contributed by atoms with E-state index in [0.717, 1.165) is 35.7 Å². The number of sulfone groups is 1. The molecule has 1 amide bonds. The molecule has 51 heavy (non-hydrogen) atoms. The molecule has 3 heterocycles. The number of hydrogen-bond donors (Lipinski definition) is 3. The Bertz CT molecular complexity index is 2050. The minimum absolute atomic E-state index is 0.00811. The van der Waals surface area contributed by atoms with Crippen LogP contribution in [0.25, 0.3) is 0 Å². The van der Waals surface area contributed by atoms with E-state index < -0.39 is 47.3 Å². The van der Waals surface area contributed by atoms with Gasteiger partial charge in [0, 0.05) is 69.6 Å². The molecule has 3 N–H and O–H groups in total. The van der Waals surface area contributed by atoms with Crippen molar-refractivity contribution in [1.82, 2.24) is 30.4 Å². The highest BCUT2D eigenvalue weighted by molar-refractivity contribution is 7.99. The number of anilines is 3. The zero-order valence-electron chi connectivity index (χ0n) is 28.5. The van der Waals surface area contributed by atoms with Gasteiger partial charge in [-0.15, -0.1) is 0 Å². The summed E-state index contributed by atoms with van der Waals surface area (Å²) in [6.07, 6.45) is 0. The van der Waals surface area contributed by atoms with Gasteiger partial charge in [-0.3, -0.25) is 24.9 Å². The number of nitrogens with one attached hydrogen (secondary N) is 3. The maximum atomic E-state index is 15.8. The standard InChI is InChI=1S/C32H37F2N9O6S2/c1-19-17-26(40-39-19)36-29-28(49-5)30(42-15-13-41(14-16-42)12-11-35-20(2)44)38-31(37-29)50-25-10-9-21(18-23(25)33)51(47,48)32(3,4)22-7-6-8-24(27(22)34)43(45)46/h6-10,17-18H,11-16H2,1-5H3,(H,35,44)(H2,36,37,38,39,40). The van der Waals surface area contributed by atoms with Crippen molar-refractivity contribution in [3.05, 3.63) is 75.5 Å². The summed E-state index contributed by atoms with van der Waals surface area (Å²) in [6, 6.07) is 8.33. The number of ether oxygens (including phenoxy) is 1. The van der Waals surface area contributed by atoms with Crippen molar-refractivity contribution in [2.24, 2.45) is 0 Å². The normalized spacial score (nSPS) is 14.0. The number of halogens is 2. The van der Waals surface area contributed by atoms with E-state index in [0.29, 0.717) is 56.7 Å². The highest BCUT2D eigenvalue weighted by Crippen LogP contribution is 2.41. The third-order valence-corrected chi connectivity index (χ3v) is 11.7. The zero-order valence-corrected chi connectivity index (χ0v) is 30.1. The van der Waals surface area contributed by atoms with E-state index in [9.17, 15) is 23.3 Å². The number of aromatic nitrogens is 4. The van der Waals surface area contributed by atoms with E-state index in [1.165, 1.54) is 46.1 Å².